The van der Waals surface area contributed by atoms with Gasteiger partial charge >= 0.3 is 0 Å². The molecule has 1 fully saturated rings. The molecule has 1 amide bonds. The lowest BCUT2D eigenvalue weighted by Crippen LogP contribution is -2.58. The second-order valence-electron chi connectivity index (χ2n) is 5.50. The van der Waals surface area contributed by atoms with Crippen molar-refractivity contribution >= 4 is 17.5 Å². The summed E-state index contributed by atoms with van der Waals surface area (Å²) in [6.45, 7) is 5.64. The molecule has 0 bridgehead atoms. The molecule has 116 valence electrons. The van der Waals surface area contributed by atoms with E-state index in [2.05, 4.69) is 19.2 Å². The van der Waals surface area contributed by atoms with E-state index in [0.717, 1.165) is 19.4 Å². The van der Waals surface area contributed by atoms with Gasteiger partial charge in [-0.05, 0) is 25.0 Å². The van der Waals surface area contributed by atoms with E-state index in [1.165, 1.54) is 6.07 Å². The Morgan fingerprint density at radius 3 is 2.81 bits per heavy atom. The van der Waals surface area contributed by atoms with E-state index < -0.39 is 5.82 Å². The Labute approximate surface area is 130 Å². The number of nitrogens with zero attached hydrogens (tertiary/aromatic N) is 1. The van der Waals surface area contributed by atoms with Gasteiger partial charge in [-0.1, -0.05) is 31.5 Å². The molecular formula is C16H22ClFN2O. The van der Waals surface area contributed by atoms with Crippen LogP contribution in [0.15, 0.2) is 18.2 Å². The lowest BCUT2D eigenvalue weighted by Gasteiger charge is -2.40. The van der Waals surface area contributed by atoms with Crippen LogP contribution in [0.5, 0.6) is 0 Å². The van der Waals surface area contributed by atoms with Crippen LogP contribution in [0.2, 0.25) is 5.02 Å². The Morgan fingerprint density at radius 2 is 2.19 bits per heavy atom. The summed E-state index contributed by atoms with van der Waals surface area (Å²) in [4.78, 5) is 14.5. The fraction of sp³-hybridized carbons (Fsp3) is 0.562. The van der Waals surface area contributed by atoms with Crippen LogP contribution in [0.4, 0.5) is 4.39 Å². The minimum absolute atomic E-state index is 0.0262. The fourth-order valence-corrected chi connectivity index (χ4v) is 2.99. The number of amides is 1. The second-order valence-corrected chi connectivity index (χ2v) is 5.91. The van der Waals surface area contributed by atoms with Crippen LogP contribution < -0.4 is 5.32 Å². The summed E-state index contributed by atoms with van der Waals surface area (Å²) in [6.07, 6.45) is 1.89. The number of benzene rings is 1. The van der Waals surface area contributed by atoms with Gasteiger partial charge in [-0.25, -0.2) is 4.39 Å². The fourth-order valence-electron chi connectivity index (χ4n) is 2.76. The summed E-state index contributed by atoms with van der Waals surface area (Å²) in [5.41, 5.74) is 0.297. The summed E-state index contributed by atoms with van der Waals surface area (Å²) in [7, 11) is 0. The number of carbonyl (C=O) groups is 1. The van der Waals surface area contributed by atoms with Crippen molar-refractivity contribution in [2.45, 2.75) is 45.2 Å². The number of hydrogen-bond donors (Lipinski definition) is 1. The predicted octanol–water partition coefficient (Wildman–Crippen LogP) is 3.01. The predicted molar refractivity (Wildman–Crippen MR) is 83.0 cm³/mol. The highest BCUT2D eigenvalue weighted by Gasteiger charge is 2.30. The zero-order chi connectivity index (χ0) is 15.4. The summed E-state index contributed by atoms with van der Waals surface area (Å²) in [6, 6.07) is 5.01. The minimum Gasteiger partial charge on any atom is -0.337 e. The van der Waals surface area contributed by atoms with E-state index in [9.17, 15) is 9.18 Å². The largest absolute Gasteiger partial charge is 0.337 e. The number of nitrogens with one attached hydrogen (secondary N) is 1. The van der Waals surface area contributed by atoms with Crippen molar-refractivity contribution in [1.29, 1.82) is 0 Å². The van der Waals surface area contributed by atoms with Gasteiger partial charge in [0.1, 0.15) is 5.82 Å². The highest BCUT2D eigenvalue weighted by atomic mass is 35.5. The molecule has 0 aliphatic carbocycles. The van der Waals surface area contributed by atoms with Gasteiger partial charge in [0.15, 0.2) is 0 Å². The molecule has 1 saturated heterocycles. The van der Waals surface area contributed by atoms with Gasteiger partial charge in [-0.15, -0.1) is 0 Å². The van der Waals surface area contributed by atoms with Gasteiger partial charge in [-0.3, -0.25) is 4.79 Å². The van der Waals surface area contributed by atoms with E-state index in [4.69, 9.17) is 11.6 Å². The van der Waals surface area contributed by atoms with Crippen molar-refractivity contribution in [3.8, 4) is 0 Å². The normalized spacial score (nSPS) is 22.4. The van der Waals surface area contributed by atoms with Gasteiger partial charge in [0.05, 0.1) is 6.42 Å². The Kier molecular flexibility index (Phi) is 5.59. The van der Waals surface area contributed by atoms with Crippen molar-refractivity contribution in [2.75, 3.05) is 13.1 Å². The molecule has 1 N–H and O–H groups in total. The zero-order valence-corrected chi connectivity index (χ0v) is 13.3. The third-order valence-electron chi connectivity index (χ3n) is 4.17. The van der Waals surface area contributed by atoms with Gasteiger partial charge < -0.3 is 10.2 Å². The molecule has 1 aliphatic heterocycles. The van der Waals surface area contributed by atoms with E-state index in [1.807, 2.05) is 4.90 Å². The van der Waals surface area contributed by atoms with Crippen LogP contribution in [0.3, 0.4) is 0 Å². The summed E-state index contributed by atoms with van der Waals surface area (Å²) < 4.78 is 13.8. The molecule has 2 atom stereocenters. The maximum absolute atomic E-state index is 13.8. The quantitative estimate of drug-likeness (QED) is 0.927. The van der Waals surface area contributed by atoms with Crippen LogP contribution in [0.1, 0.15) is 32.3 Å². The molecule has 3 nitrogen and oxygen atoms in total. The molecule has 2 unspecified atom stereocenters. The number of hydrogen-bond acceptors (Lipinski definition) is 2. The highest BCUT2D eigenvalue weighted by Crippen LogP contribution is 2.21. The highest BCUT2D eigenvalue weighted by molar-refractivity contribution is 6.31. The first-order valence-corrected chi connectivity index (χ1v) is 7.90. The zero-order valence-electron chi connectivity index (χ0n) is 12.5. The van der Waals surface area contributed by atoms with Crippen LogP contribution in [-0.4, -0.2) is 36.0 Å². The number of carbonyl (C=O) groups excluding carboxylic acids is 1. The molecule has 2 rings (SSSR count). The first-order valence-electron chi connectivity index (χ1n) is 7.52. The first-order chi connectivity index (χ1) is 10.1. The average Bonchev–Trinajstić information content (AvgIpc) is 2.50. The molecule has 0 aromatic heterocycles. The lowest BCUT2D eigenvalue weighted by atomic mass is 10.0. The lowest BCUT2D eigenvalue weighted by molar-refractivity contribution is -0.134. The molecule has 1 aliphatic rings. The maximum atomic E-state index is 13.8. The smallest absolute Gasteiger partial charge is 0.227 e. The van der Waals surface area contributed by atoms with Crippen molar-refractivity contribution < 1.29 is 9.18 Å². The standard InChI is InChI=1S/C16H22ClFN2O/c1-3-11-10-20(12(4-2)9-19-11)16(21)8-13-14(17)6-5-7-15(13)18/h5-7,11-12,19H,3-4,8-10H2,1-2H3. The van der Waals surface area contributed by atoms with Crippen LogP contribution >= 0.6 is 11.6 Å². The topological polar surface area (TPSA) is 32.3 Å². The molecule has 0 radical (unpaired) electrons. The van der Waals surface area contributed by atoms with Crippen molar-refractivity contribution in [3.05, 3.63) is 34.6 Å². The number of piperazine rings is 1. The summed E-state index contributed by atoms with van der Waals surface area (Å²) in [5, 5.41) is 3.77. The molecule has 0 saturated carbocycles. The Balaban J connectivity index is 2.13. The number of rotatable bonds is 4. The minimum atomic E-state index is -0.411. The van der Waals surface area contributed by atoms with Crippen LogP contribution in [0, 0.1) is 5.82 Å². The Bertz CT molecular complexity index is 489. The molecule has 1 heterocycles. The molecular weight excluding hydrogens is 291 g/mol. The second kappa shape index (κ2) is 7.23. The summed E-state index contributed by atoms with van der Waals surface area (Å²) in [5.74, 6) is -0.458. The van der Waals surface area contributed by atoms with Crippen molar-refractivity contribution in [2.24, 2.45) is 0 Å². The van der Waals surface area contributed by atoms with E-state index in [-0.39, 0.29) is 18.4 Å². The third kappa shape index (κ3) is 3.74. The monoisotopic (exact) mass is 312 g/mol. The Morgan fingerprint density at radius 1 is 1.43 bits per heavy atom. The number of halogens is 2. The van der Waals surface area contributed by atoms with Gasteiger partial charge in [-0.2, -0.15) is 0 Å². The Hall–Kier alpha value is -1.13. The van der Waals surface area contributed by atoms with Gasteiger partial charge in [0.25, 0.3) is 0 Å². The average molecular weight is 313 g/mol. The van der Waals surface area contributed by atoms with E-state index in [0.29, 0.717) is 23.2 Å². The van der Waals surface area contributed by atoms with Crippen molar-refractivity contribution in [1.82, 2.24) is 10.2 Å². The van der Waals surface area contributed by atoms with E-state index >= 15 is 0 Å². The molecule has 5 heteroatoms. The third-order valence-corrected chi connectivity index (χ3v) is 4.53. The molecule has 1 aromatic carbocycles. The maximum Gasteiger partial charge on any atom is 0.227 e. The van der Waals surface area contributed by atoms with Crippen LogP contribution in [-0.2, 0) is 11.2 Å². The molecule has 21 heavy (non-hydrogen) atoms. The SMILES string of the molecule is CCC1CN(C(=O)Cc2c(F)cccc2Cl)C(CC)CN1. The molecule has 0 spiro atoms. The van der Waals surface area contributed by atoms with E-state index in [1.54, 1.807) is 12.1 Å². The summed E-state index contributed by atoms with van der Waals surface area (Å²) >= 11 is 6.02. The molecule has 1 aromatic rings. The van der Waals surface area contributed by atoms with Gasteiger partial charge in [0, 0.05) is 35.8 Å². The first kappa shape index (κ1) is 16.2. The van der Waals surface area contributed by atoms with Crippen molar-refractivity contribution in [3.63, 3.8) is 0 Å². The van der Waals surface area contributed by atoms with Gasteiger partial charge in [0.2, 0.25) is 5.91 Å². The van der Waals surface area contributed by atoms with Crippen LogP contribution in [0.25, 0.3) is 0 Å².